The first-order valence-corrected chi connectivity index (χ1v) is 9.29. The summed E-state index contributed by atoms with van der Waals surface area (Å²) in [4.78, 5) is 27.4. The molecule has 0 spiro atoms. The van der Waals surface area contributed by atoms with Crippen molar-refractivity contribution in [3.05, 3.63) is 51.2 Å². The van der Waals surface area contributed by atoms with Gasteiger partial charge in [0, 0.05) is 18.7 Å². The van der Waals surface area contributed by atoms with Crippen molar-refractivity contribution in [3.8, 4) is 0 Å². The third kappa shape index (κ3) is 4.21. The van der Waals surface area contributed by atoms with Gasteiger partial charge in [0.25, 0.3) is 11.8 Å². The first-order valence-electron chi connectivity index (χ1n) is 8.03. The number of thiophene rings is 1. The number of amides is 2. The minimum absolute atomic E-state index is 0.00185. The van der Waals surface area contributed by atoms with Crippen molar-refractivity contribution in [3.63, 3.8) is 0 Å². The van der Waals surface area contributed by atoms with Crippen molar-refractivity contribution in [1.82, 2.24) is 4.90 Å². The quantitative estimate of drug-likeness (QED) is 0.881. The van der Waals surface area contributed by atoms with Crippen LogP contribution in [0, 0.1) is 0 Å². The molecule has 3 rings (SSSR count). The molecule has 1 N–H and O–H groups in total. The number of hydrogen-bond donors (Lipinski definition) is 1. The van der Waals surface area contributed by atoms with Gasteiger partial charge >= 0.3 is 0 Å². The number of carbonyl (C=O) groups excluding carboxylic acids is 2. The lowest BCUT2D eigenvalue weighted by molar-refractivity contribution is -0.0586. The zero-order chi connectivity index (χ0) is 18.0. The van der Waals surface area contributed by atoms with E-state index in [2.05, 4.69) is 5.32 Å². The molecule has 1 aromatic carbocycles. The summed E-state index contributed by atoms with van der Waals surface area (Å²) in [5.41, 5.74) is 0.924. The van der Waals surface area contributed by atoms with Gasteiger partial charge in [0.2, 0.25) is 0 Å². The molecule has 2 atom stereocenters. The average molecular weight is 379 g/mol. The molecule has 1 saturated heterocycles. The summed E-state index contributed by atoms with van der Waals surface area (Å²) in [5, 5.41) is 5.00. The Morgan fingerprint density at radius 1 is 1.24 bits per heavy atom. The smallest absolute Gasteiger partial charge is 0.265 e. The number of hydrogen-bond acceptors (Lipinski definition) is 4. The Hall–Kier alpha value is -1.89. The van der Waals surface area contributed by atoms with Crippen molar-refractivity contribution < 1.29 is 14.3 Å². The fourth-order valence-corrected chi connectivity index (χ4v) is 3.66. The summed E-state index contributed by atoms with van der Waals surface area (Å²) >= 11 is 7.53. The Bertz CT molecular complexity index is 769. The molecule has 2 unspecified atom stereocenters. The van der Waals surface area contributed by atoms with Gasteiger partial charge in [0.05, 0.1) is 27.8 Å². The largest absolute Gasteiger partial charge is 0.372 e. The van der Waals surface area contributed by atoms with Crippen LogP contribution in [0.4, 0.5) is 5.69 Å². The van der Waals surface area contributed by atoms with Crippen LogP contribution in [-0.2, 0) is 4.74 Å². The Morgan fingerprint density at radius 2 is 1.96 bits per heavy atom. The van der Waals surface area contributed by atoms with Gasteiger partial charge in [-0.3, -0.25) is 9.59 Å². The summed E-state index contributed by atoms with van der Waals surface area (Å²) in [6.45, 7) is 4.99. The van der Waals surface area contributed by atoms with Crippen molar-refractivity contribution >= 4 is 40.4 Å². The lowest BCUT2D eigenvalue weighted by atomic mass is 10.1. The molecule has 1 aliphatic rings. The van der Waals surface area contributed by atoms with E-state index in [9.17, 15) is 9.59 Å². The maximum absolute atomic E-state index is 12.8. The van der Waals surface area contributed by atoms with E-state index in [1.807, 2.05) is 25.3 Å². The minimum atomic E-state index is -0.241. The molecule has 0 radical (unpaired) electrons. The molecule has 2 aromatic rings. The molecule has 0 bridgehead atoms. The third-order valence-corrected chi connectivity index (χ3v) is 5.11. The second-order valence-electron chi connectivity index (χ2n) is 6.09. The lowest BCUT2D eigenvalue weighted by Crippen LogP contribution is -2.48. The molecule has 2 amide bonds. The molecule has 1 aromatic heterocycles. The van der Waals surface area contributed by atoms with Crippen molar-refractivity contribution in [1.29, 1.82) is 0 Å². The normalized spacial score (nSPS) is 20.4. The number of carbonyl (C=O) groups is 2. The van der Waals surface area contributed by atoms with Gasteiger partial charge in [-0.15, -0.1) is 11.3 Å². The number of rotatable bonds is 3. The van der Waals surface area contributed by atoms with E-state index in [0.717, 1.165) is 0 Å². The van der Waals surface area contributed by atoms with E-state index >= 15 is 0 Å². The number of halogens is 1. The van der Waals surface area contributed by atoms with E-state index in [0.29, 0.717) is 34.2 Å². The van der Waals surface area contributed by atoms with Crippen LogP contribution in [0.2, 0.25) is 5.02 Å². The number of benzene rings is 1. The summed E-state index contributed by atoms with van der Waals surface area (Å²) in [7, 11) is 0. The monoisotopic (exact) mass is 378 g/mol. The highest BCUT2D eigenvalue weighted by atomic mass is 35.5. The molecule has 7 heteroatoms. The third-order valence-electron chi connectivity index (χ3n) is 3.91. The molecule has 25 heavy (non-hydrogen) atoms. The molecule has 5 nitrogen and oxygen atoms in total. The van der Waals surface area contributed by atoms with Crippen molar-refractivity contribution in [2.45, 2.75) is 26.1 Å². The SMILES string of the molecule is CC1CN(C(=O)c2ccc(Cl)c(NC(=O)c3cccs3)c2)CC(C)O1. The Balaban J connectivity index is 1.79. The Labute approximate surface area is 155 Å². The Kier molecular flexibility index (Phi) is 5.42. The predicted octanol–water partition coefficient (Wildman–Crippen LogP) is 3.90. The van der Waals surface area contributed by atoms with Gasteiger partial charge in [-0.25, -0.2) is 0 Å². The number of nitrogens with one attached hydrogen (secondary N) is 1. The highest BCUT2D eigenvalue weighted by molar-refractivity contribution is 7.12. The van der Waals surface area contributed by atoms with Gasteiger partial charge < -0.3 is 15.0 Å². The standard InChI is InChI=1S/C18H19ClN2O3S/c1-11-9-21(10-12(2)24-11)18(23)13-5-6-14(19)15(8-13)20-17(22)16-4-3-7-25-16/h3-8,11-12H,9-10H2,1-2H3,(H,20,22). The first kappa shape index (κ1) is 17.9. The zero-order valence-corrected chi connectivity index (χ0v) is 15.6. The second-order valence-corrected chi connectivity index (χ2v) is 7.45. The van der Waals surface area contributed by atoms with E-state index in [-0.39, 0.29) is 24.0 Å². The second kappa shape index (κ2) is 7.56. The Morgan fingerprint density at radius 3 is 2.60 bits per heavy atom. The molecule has 1 aliphatic heterocycles. The van der Waals surface area contributed by atoms with Crippen LogP contribution < -0.4 is 5.32 Å². The van der Waals surface area contributed by atoms with Gasteiger partial charge in [-0.1, -0.05) is 17.7 Å². The molecule has 1 fully saturated rings. The molecular formula is C18H19ClN2O3S. The predicted molar refractivity (Wildman–Crippen MR) is 99.6 cm³/mol. The fourth-order valence-electron chi connectivity index (χ4n) is 2.87. The van der Waals surface area contributed by atoms with Crippen LogP contribution in [0.1, 0.15) is 33.9 Å². The molecule has 132 valence electrons. The summed E-state index contributed by atoms with van der Waals surface area (Å²) in [6.07, 6.45) is -0.00370. The first-order chi connectivity index (χ1) is 11.9. The van der Waals surface area contributed by atoms with E-state index in [4.69, 9.17) is 16.3 Å². The number of nitrogens with zero attached hydrogens (tertiary/aromatic N) is 1. The average Bonchev–Trinajstić information content (AvgIpc) is 3.10. The zero-order valence-electron chi connectivity index (χ0n) is 14.0. The van der Waals surface area contributed by atoms with E-state index in [1.165, 1.54) is 11.3 Å². The van der Waals surface area contributed by atoms with Crippen LogP contribution in [-0.4, -0.2) is 42.0 Å². The lowest BCUT2D eigenvalue weighted by Gasteiger charge is -2.35. The summed E-state index contributed by atoms with van der Waals surface area (Å²) in [6, 6.07) is 8.48. The van der Waals surface area contributed by atoms with Crippen molar-refractivity contribution in [2.75, 3.05) is 18.4 Å². The van der Waals surface area contributed by atoms with Crippen LogP contribution in [0.25, 0.3) is 0 Å². The highest BCUT2D eigenvalue weighted by Crippen LogP contribution is 2.25. The number of ether oxygens (including phenoxy) is 1. The fraction of sp³-hybridized carbons (Fsp3) is 0.333. The van der Waals surface area contributed by atoms with Gasteiger partial charge in [-0.05, 0) is 43.5 Å². The molecule has 0 saturated carbocycles. The minimum Gasteiger partial charge on any atom is -0.372 e. The maximum atomic E-state index is 12.8. The summed E-state index contributed by atoms with van der Waals surface area (Å²) < 4.78 is 5.67. The molecule has 0 aliphatic carbocycles. The van der Waals surface area contributed by atoms with E-state index < -0.39 is 0 Å². The maximum Gasteiger partial charge on any atom is 0.265 e. The highest BCUT2D eigenvalue weighted by Gasteiger charge is 2.27. The van der Waals surface area contributed by atoms with Crippen molar-refractivity contribution in [2.24, 2.45) is 0 Å². The van der Waals surface area contributed by atoms with Crippen LogP contribution in [0.5, 0.6) is 0 Å². The van der Waals surface area contributed by atoms with Crippen LogP contribution >= 0.6 is 22.9 Å². The topological polar surface area (TPSA) is 58.6 Å². The number of anilines is 1. The van der Waals surface area contributed by atoms with Gasteiger partial charge in [0.15, 0.2) is 0 Å². The van der Waals surface area contributed by atoms with Crippen LogP contribution in [0.3, 0.4) is 0 Å². The van der Waals surface area contributed by atoms with Gasteiger partial charge in [-0.2, -0.15) is 0 Å². The van der Waals surface area contributed by atoms with Gasteiger partial charge in [0.1, 0.15) is 0 Å². The molecule has 2 heterocycles. The number of morpholine rings is 1. The molecular weight excluding hydrogens is 360 g/mol. The van der Waals surface area contributed by atoms with E-state index in [1.54, 1.807) is 29.2 Å². The van der Waals surface area contributed by atoms with Crippen LogP contribution in [0.15, 0.2) is 35.7 Å². The summed E-state index contributed by atoms with van der Waals surface area (Å²) in [5.74, 6) is -0.333.